The minimum absolute atomic E-state index is 0.00889. The molecule has 0 radical (unpaired) electrons. The summed E-state index contributed by atoms with van der Waals surface area (Å²) in [7, 11) is -0.952. The molecular formula is C21H18N2O4S2. The third-order valence-electron chi connectivity index (χ3n) is 4.34. The predicted molar refractivity (Wildman–Crippen MR) is 115 cm³/mol. The van der Waals surface area contributed by atoms with Crippen molar-refractivity contribution in [3.63, 3.8) is 0 Å². The van der Waals surface area contributed by atoms with Crippen LogP contribution in [0.2, 0.25) is 0 Å². The van der Waals surface area contributed by atoms with E-state index in [0.29, 0.717) is 11.4 Å². The molecule has 29 heavy (non-hydrogen) atoms. The highest BCUT2D eigenvalue weighted by molar-refractivity contribution is 7.92. The Morgan fingerprint density at radius 3 is 2.38 bits per heavy atom. The van der Waals surface area contributed by atoms with E-state index in [1.54, 1.807) is 35.6 Å². The van der Waals surface area contributed by atoms with E-state index >= 15 is 0 Å². The number of rotatable bonds is 6. The number of hydrogen-bond donors (Lipinski definition) is 1. The largest absolute Gasteiger partial charge is 0.497 e. The van der Waals surface area contributed by atoms with Gasteiger partial charge < -0.3 is 9.47 Å². The zero-order valence-corrected chi connectivity index (χ0v) is 17.4. The molecule has 6 nitrogen and oxygen atoms in total. The Bertz CT molecular complexity index is 1230. The van der Waals surface area contributed by atoms with Crippen LogP contribution in [0.3, 0.4) is 0 Å². The fourth-order valence-electron chi connectivity index (χ4n) is 2.88. The molecule has 1 aromatic heterocycles. The molecule has 4 rings (SSSR count). The average Bonchev–Trinajstić information content (AvgIpc) is 3.17. The average molecular weight is 427 g/mol. The summed E-state index contributed by atoms with van der Waals surface area (Å²) >= 11 is 1.60. The first-order valence-corrected chi connectivity index (χ1v) is 11.0. The van der Waals surface area contributed by atoms with Crippen LogP contribution in [0.5, 0.6) is 11.5 Å². The van der Waals surface area contributed by atoms with Crippen LogP contribution in [-0.4, -0.2) is 27.6 Å². The van der Waals surface area contributed by atoms with Gasteiger partial charge in [-0.15, -0.1) is 11.3 Å². The van der Waals surface area contributed by atoms with Crippen molar-refractivity contribution < 1.29 is 17.9 Å². The fourth-order valence-corrected chi connectivity index (χ4v) is 5.10. The van der Waals surface area contributed by atoms with Gasteiger partial charge in [0.2, 0.25) is 0 Å². The Morgan fingerprint density at radius 1 is 0.931 bits per heavy atom. The van der Waals surface area contributed by atoms with Crippen LogP contribution in [0.1, 0.15) is 0 Å². The van der Waals surface area contributed by atoms with Gasteiger partial charge in [-0.1, -0.05) is 12.1 Å². The number of anilines is 1. The van der Waals surface area contributed by atoms with Crippen molar-refractivity contribution >= 4 is 37.3 Å². The Morgan fingerprint density at radius 2 is 1.69 bits per heavy atom. The summed E-state index contributed by atoms with van der Waals surface area (Å²) < 4.78 is 39.8. The number of aromatic nitrogens is 1. The predicted octanol–water partition coefficient (Wildman–Crippen LogP) is 4.78. The van der Waals surface area contributed by atoms with Crippen molar-refractivity contribution in [2.24, 2.45) is 0 Å². The lowest BCUT2D eigenvalue weighted by Crippen LogP contribution is -2.14. The van der Waals surface area contributed by atoms with Crippen LogP contribution in [-0.2, 0) is 10.0 Å². The topological polar surface area (TPSA) is 77.5 Å². The number of nitrogens with one attached hydrogen (secondary N) is 1. The van der Waals surface area contributed by atoms with Crippen LogP contribution >= 0.6 is 11.3 Å². The van der Waals surface area contributed by atoms with E-state index in [0.717, 1.165) is 20.8 Å². The zero-order chi connectivity index (χ0) is 20.4. The summed E-state index contributed by atoms with van der Waals surface area (Å²) in [6, 6.07) is 19.7. The number of sulfonamides is 1. The van der Waals surface area contributed by atoms with Gasteiger partial charge in [-0.25, -0.2) is 13.4 Å². The van der Waals surface area contributed by atoms with Crippen molar-refractivity contribution in [1.29, 1.82) is 0 Å². The molecule has 0 amide bonds. The third kappa shape index (κ3) is 3.90. The van der Waals surface area contributed by atoms with E-state index in [1.807, 2.05) is 36.4 Å². The smallest absolute Gasteiger partial charge is 0.265 e. The first kappa shape index (κ1) is 19.2. The summed E-state index contributed by atoms with van der Waals surface area (Å²) in [5, 5.41) is 0.884. The number of methoxy groups -OCH3 is 2. The SMILES string of the molecule is COc1ccc(OC)c(S(=O)(=O)Nc2ccc(-c3nc4ccccc4s3)cc2)c1. The van der Waals surface area contributed by atoms with Gasteiger partial charge in [-0.3, -0.25) is 4.72 Å². The molecule has 0 aliphatic heterocycles. The monoisotopic (exact) mass is 426 g/mol. The molecule has 3 aromatic carbocycles. The minimum Gasteiger partial charge on any atom is -0.497 e. The highest BCUT2D eigenvalue weighted by atomic mass is 32.2. The van der Waals surface area contributed by atoms with E-state index in [4.69, 9.17) is 9.47 Å². The Labute approximate surface area is 172 Å². The van der Waals surface area contributed by atoms with Crippen LogP contribution in [0.25, 0.3) is 20.8 Å². The highest BCUT2D eigenvalue weighted by Gasteiger charge is 2.21. The lowest BCUT2D eigenvalue weighted by molar-refractivity contribution is 0.392. The fraction of sp³-hybridized carbons (Fsp3) is 0.0952. The molecular weight excluding hydrogens is 408 g/mol. The van der Waals surface area contributed by atoms with Crippen molar-refractivity contribution in [2.75, 3.05) is 18.9 Å². The van der Waals surface area contributed by atoms with Crippen LogP contribution < -0.4 is 14.2 Å². The first-order chi connectivity index (χ1) is 14.0. The minimum atomic E-state index is -3.85. The van der Waals surface area contributed by atoms with E-state index in [2.05, 4.69) is 9.71 Å². The van der Waals surface area contributed by atoms with Gasteiger partial charge in [0.05, 0.1) is 24.4 Å². The summed E-state index contributed by atoms with van der Waals surface area (Å²) in [6.45, 7) is 0. The Balaban J connectivity index is 1.61. The quantitative estimate of drug-likeness (QED) is 0.480. The molecule has 0 saturated heterocycles. The molecule has 0 atom stereocenters. The molecule has 1 heterocycles. The van der Waals surface area contributed by atoms with Gasteiger partial charge in [0.15, 0.2) is 0 Å². The molecule has 8 heteroatoms. The van der Waals surface area contributed by atoms with E-state index in [9.17, 15) is 8.42 Å². The molecule has 0 unspecified atom stereocenters. The number of benzene rings is 3. The molecule has 0 spiro atoms. The van der Waals surface area contributed by atoms with Crippen molar-refractivity contribution in [2.45, 2.75) is 4.90 Å². The summed E-state index contributed by atoms with van der Waals surface area (Å²) in [4.78, 5) is 4.63. The number of hydrogen-bond acceptors (Lipinski definition) is 6. The van der Waals surface area contributed by atoms with Gasteiger partial charge in [0, 0.05) is 17.3 Å². The maximum absolute atomic E-state index is 12.9. The van der Waals surface area contributed by atoms with Gasteiger partial charge >= 0.3 is 0 Å². The standard InChI is InChI=1S/C21H18N2O4S2/c1-26-16-11-12-18(27-2)20(13-16)29(24,25)23-15-9-7-14(8-10-15)21-22-17-5-3-4-6-19(17)28-21/h3-13,23H,1-2H3. The Kier molecular flexibility index (Phi) is 5.12. The lowest BCUT2D eigenvalue weighted by Gasteiger charge is -2.13. The molecule has 0 bridgehead atoms. The van der Waals surface area contributed by atoms with E-state index in [-0.39, 0.29) is 10.6 Å². The van der Waals surface area contributed by atoms with Gasteiger partial charge in [0.25, 0.3) is 10.0 Å². The summed E-state index contributed by atoms with van der Waals surface area (Å²) in [5.41, 5.74) is 2.32. The second-order valence-electron chi connectivity index (χ2n) is 6.19. The first-order valence-electron chi connectivity index (χ1n) is 8.71. The molecule has 0 saturated carbocycles. The molecule has 0 fully saturated rings. The number of thiazole rings is 1. The second-order valence-corrected chi connectivity index (χ2v) is 8.87. The summed E-state index contributed by atoms with van der Waals surface area (Å²) in [5.74, 6) is 0.668. The van der Waals surface area contributed by atoms with E-state index < -0.39 is 10.0 Å². The third-order valence-corrected chi connectivity index (χ3v) is 6.83. The van der Waals surface area contributed by atoms with Gasteiger partial charge in [-0.05, 0) is 48.5 Å². The molecule has 1 N–H and O–H groups in total. The maximum Gasteiger partial charge on any atom is 0.265 e. The molecule has 148 valence electrons. The van der Waals surface area contributed by atoms with Gasteiger partial charge in [0.1, 0.15) is 21.4 Å². The number of ether oxygens (including phenoxy) is 2. The molecule has 0 aliphatic rings. The van der Waals surface area contributed by atoms with Crippen molar-refractivity contribution in [3.05, 3.63) is 66.7 Å². The van der Waals surface area contributed by atoms with E-state index in [1.165, 1.54) is 20.3 Å². The highest BCUT2D eigenvalue weighted by Crippen LogP contribution is 2.32. The Hall–Kier alpha value is -3.10. The number of para-hydroxylation sites is 1. The van der Waals surface area contributed by atoms with Crippen LogP contribution in [0, 0.1) is 0 Å². The normalized spacial score (nSPS) is 11.4. The van der Waals surface area contributed by atoms with Crippen molar-refractivity contribution in [3.8, 4) is 22.1 Å². The number of nitrogens with zero attached hydrogens (tertiary/aromatic N) is 1. The molecule has 4 aromatic rings. The number of fused-ring (bicyclic) bond motifs is 1. The van der Waals surface area contributed by atoms with Crippen LogP contribution in [0.15, 0.2) is 71.6 Å². The van der Waals surface area contributed by atoms with Crippen LogP contribution in [0.4, 0.5) is 5.69 Å². The molecule has 0 aliphatic carbocycles. The zero-order valence-electron chi connectivity index (χ0n) is 15.7. The van der Waals surface area contributed by atoms with Crippen molar-refractivity contribution in [1.82, 2.24) is 4.98 Å². The summed E-state index contributed by atoms with van der Waals surface area (Å²) in [6.07, 6.45) is 0. The maximum atomic E-state index is 12.9. The second kappa shape index (κ2) is 7.73. The lowest BCUT2D eigenvalue weighted by atomic mass is 10.2. The van der Waals surface area contributed by atoms with Gasteiger partial charge in [-0.2, -0.15) is 0 Å².